The zero-order valence-corrected chi connectivity index (χ0v) is 12.7. The molecule has 1 atom stereocenters. The molecule has 1 aliphatic rings. The van der Waals surface area contributed by atoms with Crippen molar-refractivity contribution in [2.75, 3.05) is 38.2 Å². The summed E-state index contributed by atoms with van der Waals surface area (Å²) in [7, 11) is 1.96. The third-order valence-electron chi connectivity index (χ3n) is 3.58. The molecular formula is C14H20N4OS. The summed E-state index contributed by atoms with van der Waals surface area (Å²) in [6, 6.07) is 2.23. The van der Waals surface area contributed by atoms with Gasteiger partial charge in [0.05, 0.1) is 18.1 Å². The van der Waals surface area contributed by atoms with Gasteiger partial charge in [-0.1, -0.05) is 6.92 Å². The van der Waals surface area contributed by atoms with Crippen LogP contribution in [0.4, 0.5) is 5.82 Å². The van der Waals surface area contributed by atoms with Gasteiger partial charge in [0.1, 0.15) is 17.0 Å². The SMILES string of the molecule is CCc1cc2c(N3CCOC(CNC)C3)ncnc2s1. The fraction of sp³-hybridized carbons (Fsp3) is 0.571. The number of aryl methyl sites for hydroxylation is 1. The summed E-state index contributed by atoms with van der Waals surface area (Å²) in [5, 5.41) is 4.36. The van der Waals surface area contributed by atoms with Gasteiger partial charge in [0, 0.05) is 24.5 Å². The van der Waals surface area contributed by atoms with Gasteiger partial charge < -0.3 is 15.0 Å². The van der Waals surface area contributed by atoms with Crippen molar-refractivity contribution in [3.8, 4) is 0 Å². The van der Waals surface area contributed by atoms with Crippen LogP contribution in [0.15, 0.2) is 12.4 Å². The van der Waals surface area contributed by atoms with Gasteiger partial charge in [-0.3, -0.25) is 0 Å². The van der Waals surface area contributed by atoms with E-state index in [1.165, 1.54) is 10.3 Å². The molecule has 3 rings (SSSR count). The van der Waals surface area contributed by atoms with Crippen LogP contribution in [0.5, 0.6) is 0 Å². The molecule has 2 aromatic rings. The maximum Gasteiger partial charge on any atom is 0.140 e. The van der Waals surface area contributed by atoms with Crippen LogP contribution in [0.3, 0.4) is 0 Å². The van der Waals surface area contributed by atoms with Gasteiger partial charge in [0.15, 0.2) is 0 Å². The highest BCUT2D eigenvalue weighted by Crippen LogP contribution is 2.31. The van der Waals surface area contributed by atoms with Crippen molar-refractivity contribution in [2.45, 2.75) is 19.4 Å². The largest absolute Gasteiger partial charge is 0.373 e. The highest BCUT2D eigenvalue weighted by Gasteiger charge is 2.23. The second kappa shape index (κ2) is 6.03. The van der Waals surface area contributed by atoms with Crippen LogP contribution in [0.1, 0.15) is 11.8 Å². The third-order valence-corrected chi connectivity index (χ3v) is 4.77. The number of aromatic nitrogens is 2. The number of rotatable bonds is 4. The number of nitrogens with zero attached hydrogens (tertiary/aromatic N) is 3. The maximum absolute atomic E-state index is 5.76. The Morgan fingerprint density at radius 1 is 1.50 bits per heavy atom. The average molecular weight is 292 g/mol. The summed E-state index contributed by atoms with van der Waals surface area (Å²) in [6.45, 7) is 5.57. The highest BCUT2D eigenvalue weighted by atomic mass is 32.1. The summed E-state index contributed by atoms with van der Waals surface area (Å²) in [5.41, 5.74) is 0. The summed E-state index contributed by atoms with van der Waals surface area (Å²) in [6.07, 6.45) is 2.95. The minimum Gasteiger partial charge on any atom is -0.373 e. The minimum atomic E-state index is 0.225. The van der Waals surface area contributed by atoms with Crippen molar-refractivity contribution in [3.63, 3.8) is 0 Å². The molecule has 20 heavy (non-hydrogen) atoms. The molecule has 5 nitrogen and oxygen atoms in total. The number of ether oxygens (including phenoxy) is 1. The van der Waals surface area contributed by atoms with Gasteiger partial charge in [0.25, 0.3) is 0 Å². The van der Waals surface area contributed by atoms with E-state index in [0.717, 1.165) is 43.3 Å². The average Bonchev–Trinajstić information content (AvgIpc) is 2.91. The Balaban J connectivity index is 1.90. The predicted octanol–water partition coefficient (Wildman–Crippen LogP) is 1.68. The van der Waals surface area contributed by atoms with Crippen LogP contribution in [0.25, 0.3) is 10.2 Å². The van der Waals surface area contributed by atoms with Crippen LogP contribution >= 0.6 is 11.3 Å². The molecule has 0 aliphatic carbocycles. The summed E-state index contributed by atoms with van der Waals surface area (Å²) in [5.74, 6) is 1.05. The van der Waals surface area contributed by atoms with Gasteiger partial charge in [-0.05, 0) is 19.5 Å². The van der Waals surface area contributed by atoms with E-state index in [1.807, 2.05) is 7.05 Å². The van der Waals surface area contributed by atoms with Gasteiger partial charge in [0.2, 0.25) is 0 Å². The molecule has 3 heterocycles. The van der Waals surface area contributed by atoms with E-state index < -0.39 is 0 Å². The van der Waals surface area contributed by atoms with Crippen LogP contribution in [-0.2, 0) is 11.2 Å². The number of anilines is 1. The number of hydrogen-bond donors (Lipinski definition) is 1. The van der Waals surface area contributed by atoms with Crippen molar-refractivity contribution in [1.29, 1.82) is 0 Å². The second-order valence-electron chi connectivity index (χ2n) is 4.98. The Bertz CT molecular complexity index is 584. The minimum absolute atomic E-state index is 0.225. The summed E-state index contributed by atoms with van der Waals surface area (Å²) in [4.78, 5) is 13.7. The molecule has 1 saturated heterocycles. The zero-order valence-electron chi connectivity index (χ0n) is 11.9. The Kier molecular flexibility index (Phi) is 4.14. The molecule has 0 saturated carbocycles. The lowest BCUT2D eigenvalue weighted by molar-refractivity contribution is 0.0420. The van der Waals surface area contributed by atoms with Crippen molar-refractivity contribution >= 4 is 27.4 Å². The summed E-state index contributed by atoms with van der Waals surface area (Å²) >= 11 is 1.77. The lowest BCUT2D eigenvalue weighted by Crippen LogP contribution is -2.46. The number of thiophene rings is 1. The Hall–Kier alpha value is -1.24. The van der Waals surface area contributed by atoms with E-state index in [0.29, 0.717) is 0 Å². The topological polar surface area (TPSA) is 50.3 Å². The maximum atomic E-state index is 5.76. The molecular weight excluding hydrogens is 272 g/mol. The first-order chi connectivity index (χ1) is 9.81. The van der Waals surface area contributed by atoms with Crippen LogP contribution < -0.4 is 10.2 Å². The monoisotopic (exact) mass is 292 g/mol. The van der Waals surface area contributed by atoms with Crippen LogP contribution in [-0.4, -0.2) is 49.4 Å². The lowest BCUT2D eigenvalue weighted by Gasteiger charge is -2.33. The number of hydrogen-bond acceptors (Lipinski definition) is 6. The third kappa shape index (κ3) is 2.63. The Morgan fingerprint density at radius 2 is 2.40 bits per heavy atom. The van der Waals surface area contributed by atoms with E-state index in [2.05, 4.69) is 33.2 Å². The van der Waals surface area contributed by atoms with Crippen molar-refractivity contribution in [1.82, 2.24) is 15.3 Å². The number of morpholine rings is 1. The van der Waals surface area contributed by atoms with Crippen molar-refractivity contribution in [3.05, 3.63) is 17.3 Å². The fourth-order valence-corrected chi connectivity index (χ4v) is 3.51. The van der Waals surface area contributed by atoms with E-state index in [9.17, 15) is 0 Å². The first-order valence-corrected chi connectivity index (χ1v) is 7.88. The molecule has 1 N–H and O–H groups in total. The molecule has 0 spiro atoms. The van der Waals surface area contributed by atoms with Gasteiger partial charge in [-0.2, -0.15) is 0 Å². The lowest BCUT2D eigenvalue weighted by atomic mass is 10.2. The number of nitrogens with one attached hydrogen (secondary N) is 1. The molecule has 0 radical (unpaired) electrons. The molecule has 1 aliphatic heterocycles. The molecule has 0 bridgehead atoms. The smallest absolute Gasteiger partial charge is 0.140 e. The van der Waals surface area contributed by atoms with E-state index in [4.69, 9.17) is 4.74 Å². The van der Waals surface area contributed by atoms with Gasteiger partial charge >= 0.3 is 0 Å². The van der Waals surface area contributed by atoms with E-state index in [1.54, 1.807) is 17.7 Å². The standard InChI is InChI=1S/C14H20N4OS/c1-3-11-6-12-13(16-9-17-14(12)20-11)18-4-5-19-10(8-18)7-15-2/h6,9-10,15H,3-5,7-8H2,1-2H3. The molecule has 2 aromatic heterocycles. The van der Waals surface area contributed by atoms with Crippen molar-refractivity contribution in [2.24, 2.45) is 0 Å². The molecule has 1 unspecified atom stereocenters. The first kappa shape index (κ1) is 13.7. The molecule has 1 fully saturated rings. The molecule has 0 amide bonds. The van der Waals surface area contributed by atoms with Crippen LogP contribution in [0.2, 0.25) is 0 Å². The predicted molar refractivity (Wildman–Crippen MR) is 82.7 cm³/mol. The normalized spacial score (nSPS) is 19.7. The number of likely N-dealkylation sites (N-methyl/N-ethyl adjacent to an activating group) is 1. The first-order valence-electron chi connectivity index (χ1n) is 7.06. The Morgan fingerprint density at radius 3 is 3.20 bits per heavy atom. The molecule has 108 valence electrons. The van der Waals surface area contributed by atoms with Gasteiger partial charge in [-0.25, -0.2) is 9.97 Å². The zero-order chi connectivity index (χ0) is 13.9. The van der Waals surface area contributed by atoms with Gasteiger partial charge in [-0.15, -0.1) is 11.3 Å². The number of fused-ring (bicyclic) bond motifs is 1. The van der Waals surface area contributed by atoms with E-state index >= 15 is 0 Å². The quantitative estimate of drug-likeness (QED) is 0.929. The van der Waals surface area contributed by atoms with Crippen LogP contribution in [0, 0.1) is 0 Å². The molecule has 6 heteroatoms. The van der Waals surface area contributed by atoms with Crippen molar-refractivity contribution < 1.29 is 4.74 Å². The van der Waals surface area contributed by atoms with E-state index in [-0.39, 0.29) is 6.10 Å². The molecule has 0 aromatic carbocycles. The highest BCUT2D eigenvalue weighted by molar-refractivity contribution is 7.18. The Labute approximate surface area is 123 Å². The second-order valence-corrected chi connectivity index (χ2v) is 6.09. The fourth-order valence-electron chi connectivity index (χ4n) is 2.58. The summed E-state index contributed by atoms with van der Waals surface area (Å²) < 4.78 is 5.76.